The summed E-state index contributed by atoms with van der Waals surface area (Å²) >= 11 is 0. The van der Waals surface area contributed by atoms with Crippen LogP contribution in [-0.4, -0.2) is 30.3 Å². The molecule has 0 bridgehead atoms. The van der Waals surface area contributed by atoms with E-state index >= 15 is 0 Å². The minimum Gasteiger partial charge on any atom is -0.483 e. The Kier molecular flexibility index (Phi) is 6.36. The molecule has 0 heterocycles. The standard InChI is InChI=1S/C15H23NO3/c1-4-12(9-17)16-15(18)10-19-14-8-6-5-7-13(14)11(2)3/h5-8,11-12,17H,4,9-10H2,1-3H3,(H,16,18)/t12-/m1/s1. The Bertz CT molecular complexity index is 400. The van der Waals surface area contributed by atoms with Crippen LogP contribution in [-0.2, 0) is 4.79 Å². The van der Waals surface area contributed by atoms with Gasteiger partial charge in [0.25, 0.3) is 5.91 Å². The van der Waals surface area contributed by atoms with Crippen LogP contribution >= 0.6 is 0 Å². The average Bonchev–Trinajstić information content (AvgIpc) is 2.42. The average molecular weight is 265 g/mol. The Morgan fingerprint density at radius 1 is 1.37 bits per heavy atom. The van der Waals surface area contributed by atoms with Crippen molar-refractivity contribution < 1.29 is 14.6 Å². The predicted molar refractivity (Wildman–Crippen MR) is 75.3 cm³/mol. The number of carbonyl (C=O) groups excluding carboxylic acids is 1. The lowest BCUT2D eigenvalue weighted by Gasteiger charge is -2.16. The number of benzene rings is 1. The molecule has 0 saturated carbocycles. The lowest BCUT2D eigenvalue weighted by atomic mass is 10.0. The van der Waals surface area contributed by atoms with Crippen LogP contribution in [0.3, 0.4) is 0 Å². The normalized spacial score (nSPS) is 12.3. The summed E-state index contributed by atoms with van der Waals surface area (Å²) in [5.74, 6) is 0.879. The van der Waals surface area contributed by atoms with Crippen LogP contribution in [0.25, 0.3) is 0 Å². The van der Waals surface area contributed by atoms with Crippen LogP contribution in [0.1, 0.15) is 38.7 Å². The van der Waals surface area contributed by atoms with Gasteiger partial charge in [0.05, 0.1) is 12.6 Å². The molecule has 0 aliphatic rings. The highest BCUT2D eigenvalue weighted by Gasteiger charge is 2.11. The van der Waals surface area contributed by atoms with E-state index in [4.69, 9.17) is 9.84 Å². The number of hydrogen-bond acceptors (Lipinski definition) is 3. The zero-order valence-electron chi connectivity index (χ0n) is 11.8. The Hall–Kier alpha value is -1.55. The molecule has 0 saturated heterocycles. The largest absolute Gasteiger partial charge is 0.483 e. The maximum Gasteiger partial charge on any atom is 0.258 e. The predicted octanol–water partition coefficient (Wildman–Crippen LogP) is 2.08. The van der Waals surface area contributed by atoms with E-state index in [0.29, 0.717) is 12.3 Å². The molecule has 0 radical (unpaired) electrons. The molecule has 0 fully saturated rings. The molecule has 1 aromatic rings. The van der Waals surface area contributed by atoms with Crippen molar-refractivity contribution in [2.24, 2.45) is 0 Å². The van der Waals surface area contributed by atoms with Crippen LogP contribution < -0.4 is 10.1 Å². The smallest absolute Gasteiger partial charge is 0.258 e. The molecular weight excluding hydrogens is 242 g/mol. The SMILES string of the molecule is CC[C@H](CO)NC(=O)COc1ccccc1C(C)C. The van der Waals surface area contributed by atoms with Crippen molar-refractivity contribution >= 4 is 5.91 Å². The Labute approximate surface area is 114 Å². The molecule has 19 heavy (non-hydrogen) atoms. The van der Waals surface area contributed by atoms with Gasteiger partial charge in [-0.05, 0) is 24.0 Å². The number of nitrogens with one attached hydrogen (secondary N) is 1. The number of rotatable bonds is 7. The first-order valence-electron chi connectivity index (χ1n) is 6.70. The first kappa shape index (κ1) is 15.5. The van der Waals surface area contributed by atoms with Gasteiger partial charge in [0.2, 0.25) is 0 Å². The van der Waals surface area contributed by atoms with Crippen LogP contribution in [0.2, 0.25) is 0 Å². The van der Waals surface area contributed by atoms with Crippen LogP contribution in [0.5, 0.6) is 5.75 Å². The molecule has 1 atom stereocenters. The van der Waals surface area contributed by atoms with E-state index in [1.54, 1.807) is 0 Å². The summed E-state index contributed by atoms with van der Waals surface area (Å²) in [5, 5.41) is 11.7. The molecular formula is C15H23NO3. The maximum atomic E-state index is 11.7. The summed E-state index contributed by atoms with van der Waals surface area (Å²) < 4.78 is 5.56. The second-order valence-electron chi connectivity index (χ2n) is 4.84. The van der Waals surface area contributed by atoms with E-state index in [2.05, 4.69) is 19.2 Å². The molecule has 1 aromatic carbocycles. The monoisotopic (exact) mass is 265 g/mol. The molecule has 0 aromatic heterocycles. The van der Waals surface area contributed by atoms with Crippen molar-refractivity contribution in [1.82, 2.24) is 5.32 Å². The molecule has 2 N–H and O–H groups in total. The Morgan fingerprint density at radius 2 is 2.05 bits per heavy atom. The molecule has 0 aliphatic carbocycles. The highest BCUT2D eigenvalue weighted by atomic mass is 16.5. The van der Waals surface area contributed by atoms with Crippen LogP contribution in [0.15, 0.2) is 24.3 Å². The van der Waals surface area contributed by atoms with Crippen molar-refractivity contribution in [3.05, 3.63) is 29.8 Å². The van der Waals surface area contributed by atoms with Crippen molar-refractivity contribution in [3.8, 4) is 5.75 Å². The summed E-state index contributed by atoms with van der Waals surface area (Å²) in [6.45, 7) is 6.00. The van der Waals surface area contributed by atoms with Gasteiger partial charge in [0.1, 0.15) is 5.75 Å². The van der Waals surface area contributed by atoms with Gasteiger partial charge in [0.15, 0.2) is 6.61 Å². The molecule has 1 amide bonds. The van der Waals surface area contributed by atoms with Crippen molar-refractivity contribution in [1.29, 1.82) is 0 Å². The van der Waals surface area contributed by atoms with Crippen LogP contribution in [0.4, 0.5) is 0 Å². The summed E-state index contributed by atoms with van der Waals surface area (Å²) in [5.41, 5.74) is 1.09. The number of amides is 1. The topological polar surface area (TPSA) is 58.6 Å². The van der Waals surface area contributed by atoms with Crippen molar-refractivity contribution in [2.45, 2.75) is 39.2 Å². The number of aliphatic hydroxyl groups is 1. The van der Waals surface area contributed by atoms with E-state index in [0.717, 1.165) is 11.3 Å². The fourth-order valence-electron chi connectivity index (χ4n) is 1.78. The third-order valence-electron chi connectivity index (χ3n) is 2.98. The summed E-state index contributed by atoms with van der Waals surface area (Å²) in [6.07, 6.45) is 0.699. The maximum absolute atomic E-state index is 11.7. The molecule has 0 aliphatic heterocycles. The first-order valence-corrected chi connectivity index (χ1v) is 6.70. The van der Waals surface area contributed by atoms with Gasteiger partial charge in [-0.25, -0.2) is 0 Å². The van der Waals surface area contributed by atoms with E-state index < -0.39 is 0 Å². The van der Waals surface area contributed by atoms with E-state index in [1.807, 2.05) is 31.2 Å². The van der Waals surface area contributed by atoms with Gasteiger partial charge in [-0.3, -0.25) is 4.79 Å². The van der Waals surface area contributed by atoms with Gasteiger partial charge in [-0.15, -0.1) is 0 Å². The zero-order chi connectivity index (χ0) is 14.3. The summed E-state index contributed by atoms with van der Waals surface area (Å²) in [6, 6.07) is 7.52. The van der Waals surface area contributed by atoms with Gasteiger partial charge in [0, 0.05) is 0 Å². The van der Waals surface area contributed by atoms with E-state index in [1.165, 1.54) is 0 Å². The number of aliphatic hydroxyl groups excluding tert-OH is 1. The molecule has 1 rings (SSSR count). The molecule has 4 heteroatoms. The lowest BCUT2D eigenvalue weighted by molar-refractivity contribution is -0.124. The fraction of sp³-hybridized carbons (Fsp3) is 0.533. The van der Waals surface area contributed by atoms with Crippen LogP contribution in [0, 0.1) is 0 Å². The highest BCUT2D eigenvalue weighted by Crippen LogP contribution is 2.25. The molecule has 106 valence electrons. The number of para-hydroxylation sites is 1. The van der Waals surface area contributed by atoms with Gasteiger partial charge in [-0.2, -0.15) is 0 Å². The fourth-order valence-corrected chi connectivity index (χ4v) is 1.78. The van der Waals surface area contributed by atoms with Crippen molar-refractivity contribution in [2.75, 3.05) is 13.2 Å². The minimum absolute atomic E-state index is 0.0275. The third-order valence-corrected chi connectivity index (χ3v) is 2.98. The van der Waals surface area contributed by atoms with Crippen molar-refractivity contribution in [3.63, 3.8) is 0 Å². The summed E-state index contributed by atoms with van der Waals surface area (Å²) in [7, 11) is 0. The number of hydrogen-bond donors (Lipinski definition) is 2. The third kappa shape index (κ3) is 4.91. The second kappa shape index (κ2) is 7.79. The Balaban J connectivity index is 2.55. The number of ether oxygens (including phenoxy) is 1. The summed E-state index contributed by atoms with van der Waals surface area (Å²) in [4.78, 5) is 11.7. The molecule has 0 unspecified atom stereocenters. The van der Waals surface area contributed by atoms with Gasteiger partial charge >= 0.3 is 0 Å². The quantitative estimate of drug-likeness (QED) is 0.793. The highest BCUT2D eigenvalue weighted by molar-refractivity contribution is 5.77. The van der Waals surface area contributed by atoms with Gasteiger partial charge in [-0.1, -0.05) is 39.0 Å². The Morgan fingerprint density at radius 3 is 2.63 bits per heavy atom. The van der Waals surface area contributed by atoms with Gasteiger partial charge < -0.3 is 15.2 Å². The van der Waals surface area contributed by atoms with E-state index in [9.17, 15) is 4.79 Å². The number of carbonyl (C=O) groups is 1. The molecule has 4 nitrogen and oxygen atoms in total. The zero-order valence-corrected chi connectivity index (χ0v) is 11.8. The second-order valence-corrected chi connectivity index (χ2v) is 4.84. The molecule has 0 spiro atoms. The lowest BCUT2D eigenvalue weighted by Crippen LogP contribution is -2.39. The van der Waals surface area contributed by atoms with E-state index in [-0.39, 0.29) is 25.2 Å². The first-order chi connectivity index (χ1) is 9.08. The minimum atomic E-state index is -0.209.